The van der Waals surface area contributed by atoms with Gasteiger partial charge in [0.1, 0.15) is 11.9 Å². The maximum Gasteiger partial charge on any atom is 0.133 e. The van der Waals surface area contributed by atoms with E-state index in [1.54, 1.807) is 19.1 Å². The molecule has 15 heavy (non-hydrogen) atoms. The van der Waals surface area contributed by atoms with E-state index in [1.807, 2.05) is 13.8 Å². The Morgan fingerprint density at radius 2 is 2.13 bits per heavy atom. The van der Waals surface area contributed by atoms with Crippen LogP contribution in [0.2, 0.25) is 0 Å². The van der Waals surface area contributed by atoms with Crippen molar-refractivity contribution < 1.29 is 14.6 Å². The molecule has 0 spiro atoms. The number of aliphatic hydroxyl groups is 2. The van der Waals surface area contributed by atoms with Crippen molar-refractivity contribution in [3.05, 3.63) is 24.2 Å². The lowest BCUT2D eigenvalue weighted by Gasteiger charge is -2.30. The van der Waals surface area contributed by atoms with E-state index in [0.29, 0.717) is 12.3 Å². The van der Waals surface area contributed by atoms with Crippen molar-refractivity contribution in [3.63, 3.8) is 0 Å². The first-order chi connectivity index (χ1) is 6.93. The molecule has 0 aliphatic heterocycles. The van der Waals surface area contributed by atoms with E-state index in [-0.39, 0.29) is 0 Å². The zero-order chi connectivity index (χ0) is 11.5. The Morgan fingerprint density at radius 3 is 2.60 bits per heavy atom. The zero-order valence-electron chi connectivity index (χ0n) is 9.40. The van der Waals surface area contributed by atoms with Crippen LogP contribution in [0.5, 0.6) is 0 Å². The van der Waals surface area contributed by atoms with Gasteiger partial charge in [-0.3, -0.25) is 0 Å². The summed E-state index contributed by atoms with van der Waals surface area (Å²) in [6.07, 6.45) is 0.359. The quantitative estimate of drug-likeness (QED) is 0.684. The predicted octanol–water partition coefficient (Wildman–Crippen LogP) is 1.06. The summed E-state index contributed by atoms with van der Waals surface area (Å²) >= 11 is 0. The highest BCUT2D eigenvalue weighted by Crippen LogP contribution is 2.14. The predicted molar refractivity (Wildman–Crippen MR) is 57.4 cm³/mol. The van der Waals surface area contributed by atoms with Gasteiger partial charge in [-0.05, 0) is 32.9 Å². The fourth-order valence-corrected chi connectivity index (χ4v) is 1.09. The van der Waals surface area contributed by atoms with Crippen LogP contribution in [-0.2, 0) is 0 Å². The first kappa shape index (κ1) is 12.2. The molecule has 1 rings (SSSR count). The van der Waals surface area contributed by atoms with Gasteiger partial charge in [-0.1, -0.05) is 0 Å². The van der Waals surface area contributed by atoms with Crippen molar-refractivity contribution in [1.29, 1.82) is 0 Å². The lowest BCUT2D eigenvalue weighted by molar-refractivity contribution is 0.0754. The highest BCUT2D eigenvalue weighted by atomic mass is 16.4. The SMILES string of the molecule is CC(O)C(C)(C)NCC(O)c1ccco1. The van der Waals surface area contributed by atoms with Crippen molar-refractivity contribution in [2.45, 2.75) is 38.5 Å². The molecule has 86 valence electrons. The first-order valence-corrected chi connectivity index (χ1v) is 5.08. The Labute approximate surface area is 89.9 Å². The molecule has 3 N–H and O–H groups in total. The average Bonchev–Trinajstić information content (AvgIpc) is 2.66. The average molecular weight is 213 g/mol. The molecule has 0 radical (unpaired) electrons. The van der Waals surface area contributed by atoms with Crippen LogP contribution in [0.3, 0.4) is 0 Å². The third kappa shape index (κ3) is 3.34. The summed E-state index contributed by atoms with van der Waals surface area (Å²) in [5.41, 5.74) is -0.423. The van der Waals surface area contributed by atoms with Crippen LogP contribution in [0.15, 0.2) is 22.8 Å². The summed E-state index contributed by atoms with van der Waals surface area (Å²) in [5.74, 6) is 0.531. The molecule has 0 bridgehead atoms. The molecule has 4 nitrogen and oxygen atoms in total. The maximum absolute atomic E-state index is 9.72. The number of hydrogen-bond donors (Lipinski definition) is 3. The van der Waals surface area contributed by atoms with Gasteiger partial charge in [-0.2, -0.15) is 0 Å². The Kier molecular flexibility index (Phi) is 3.90. The third-order valence-corrected chi connectivity index (χ3v) is 2.67. The number of nitrogens with one attached hydrogen (secondary N) is 1. The molecule has 0 aliphatic carbocycles. The first-order valence-electron chi connectivity index (χ1n) is 5.08. The Hall–Kier alpha value is -0.840. The van der Waals surface area contributed by atoms with Crippen LogP contribution in [-0.4, -0.2) is 28.4 Å². The number of furan rings is 1. The van der Waals surface area contributed by atoms with E-state index in [0.717, 1.165) is 0 Å². The lowest BCUT2D eigenvalue weighted by atomic mass is 9.98. The normalized spacial score (nSPS) is 16.3. The van der Waals surface area contributed by atoms with Crippen molar-refractivity contribution >= 4 is 0 Å². The van der Waals surface area contributed by atoms with E-state index in [1.165, 1.54) is 6.26 Å². The summed E-state index contributed by atoms with van der Waals surface area (Å²) in [6, 6.07) is 3.46. The number of rotatable bonds is 5. The molecule has 1 aromatic heterocycles. The van der Waals surface area contributed by atoms with Gasteiger partial charge < -0.3 is 19.9 Å². The van der Waals surface area contributed by atoms with Gasteiger partial charge in [0, 0.05) is 12.1 Å². The second-order valence-electron chi connectivity index (χ2n) is 4.31. The molecule has 1 aromatic rings. The zero-order valence-corrected chi connectivity index (χ0v) is 9.40. The lowest BCUT2D eigenvalue weighted by Crippen LogP contribution is -2.49. The largest absolute Gasteiger partial charge is 0.467 e. The smallest absolute Gasteiger partial charge is 0.133 e. The van der Waals surface area contributed by atoms with Gasteiger partial charge in [0.05, 0.1) is 12.4 Å². The minimum Gasteiger partial charge on any atom is -0.467 e. The van der Waals surface area contributed by atoms with Gasteiger partial charge in [0.2, 0.25) is 0 Å². The van der Waals surface area contributed by atoms with Crippen LogP contribution in [0, 0.1) is 0 Å². The van der Waals surface area contributed by atoms with Crippen molar-refractivity contribution in [2.24, 2.45) is 0 Å². The van der Waals surface area contributed by atoms with E-state index >= 15 is 0 Å². The molecular formula is C11H19NO3. The fraction of sp³-hybridized carbons (Fsp3) is 0.636. The molecule has 0 saturated carbocycles. The number of β-amino-alcohol motifs (C(OH)–C–C–N with tert-alkyl or cyclic N) is 1. The van der Waals surface area contributed by atoms with E-state index in [2.05, 4.69) is 5.32 Å². The standard InChI is InChI=1S/C11H19NO3/c1-8(13)11(2,3)12-7-9(14)10-5-4-6-15-10/h4-6,8-9,12-14H,7H2,1-3H3. The van der Waals surface area contributed by atoms with Crippen LogP contribution in [0.25, 0.3) is 0 Å². The van der Waals surface area contributed by atoms with Gasteiger partial charge in [-0.25, -0.2) is 0 Å². The molecule has 1 heterocycles. The Bertz CT molecular complexity index is 280. The highest BCUT2D eigenvalue weighted by molar-refractivity contribution is 5.02. The second kappa shape index (κ2) is 4.79. The molecule has 4 heteroatoms. The summed E-state index contributed by atoms with van der Waals surface area (Å²) in [5, 5.41) is 22.3. The number of hydrogen-bond acceptors (Lipinski definition) is 4. The van der Waals surface area contributed by atoms with Crippen LogP contribution in [0.4, 0.5) is 0 Å². The third-order valence-electron chi connectivity index (χ3n) is 2.67. The maximum atomic E-state index is 9.72. The molecule has 2 atom stereocenters. The van der Waals surface area contributed by atoms with Gasteiger partial charge >= 0.3 is 0 Å². The Morgan fingerprint density at radius 1 is 1.47 bits per heavy atom. The summed E-state index contributed by atoms with van der Waals surface area (Å²) in [6.45, 7) is 5.83. The molecule has 0 aromatic carbocycles. The summed E-state index contributed by atoms with van der Waals surface area (Å²) in [4.78, 5) is 0. The van der Waals surface area contributed by atoms with Crippen molar-refractivity contribution in [2.75, 3.05) is 6.54 Å². The topological polar surface area (TPSA) is 65.6 Å². The monoisotopic (exact) mass is 213 g/mol. The van der Waals surface area contributed by atoms with Crippen molar-refractivity contribution in [1.82, 2.24) is 5.32 Å². The number of aliphatic hydroxyl groups excluding tert-OH is 2. The van der Waals surface area contributed by atoms with Gasteiger partial charge in [-0.15, -0.1) is 0 Å². The van der Waals surface area contributed by atoms with E-state index in [4.69, 9.17) is 4.42 Å². The molecule has 0 aliphatic rings. The minimum atomic E-state index is -0.682. The Balaban J connectivity index is 2.44. The van der Waals surface area contributed by atoms with Crippen LogP contribution in [0.1, 0.15) is 32.6 Å². The van der Waals surface area contributed by atoms with Crippen LogP contribution >= 0.6 is 0 Å². The van der Waals surface area contributed by atoms with E-state index < -0.39 is 17.7 Å². The van der Waals surface area contributed by atoms with Crippen LogP contribution < -0.4 is 5.32 Å². The van der Waals surface area contributed by atoms with Crippen molar-refractivity contribution in [3.8, 4) is 0 Å². The molecular weight excluding hydrogens is 194 g/mol. The summed E-state index contributed by atoms with van der Waals surface area (Å²) < 4.78 is 5.07. The minimum absolute atomic E-state index is 0.353. The van der Waals surface area contributed by atoms with Gasteiger partial charge in [0.25, 0.3) is 0 Å². The fourth-order valence-electron chi connectivity index (χ4n) is 1.09. The summed E-state index contributed by atoms with van der Waals surface area (Å²) in [7, 11) is 0. The molecule has 0 amide bonds. The molecule has 0 fully saturated rings. The molecule has 0 saturated heterocycles. The highest BCUT2D eigenvalue weighted by Gasteiger charge is 2.24. The van der Waals surface area contributed by atoms with E-state index in [9.17, 15) is 10.2 Å². The van der Waals surface area contributed by atoms with Gasteiger partial charge in [0.15, 0.2) is 0 Å². The molecule has 2 unspecified atom stereocenters. The second-order valence-corrected chi connectivity index (χ2v) is 4.31.